The van der Waals surface area contributed by atoms with Crippen molar-refractivity contribution in [2.24, 2.45) is 0 Å². The number of carbonyl (C=O) groups is 1. The second kappa shape index (κ2) is 7.46. The highest BCUT2D eigenvalue weighted by molar-refractivity contribution is 5.93. The number of anilines is 1. The van der Waals surface area contributed by atoms with Gasteiger partial charge < -0.3 is 10.1 Å². The van der Waals surface area contributed by atoms with E-state index in [1.165, 1.54) is 0 Å². The maximum absolute atomic E-state index is 12.1. The molecule has 0 spiro atoms. The van der Waals surface area contributed by atoms with Crippen molar-refractivity contribution < 1.29 is 9.53 Å². The maximum Gasteiger partial charge on any atom is 0.262 e. The second-order valence-electron chi connectivity index (χ2n) is 5.67. The fourth-order valence-corrected chi connectivity index (χ4v) is 2.29. The number of amides is 1. The number of nitriles is 1. The van der Waals surface area contributed by atoms with Gasteiger partial charge in [-0.15, -0.1) is 0 Å². The van der Waals surface area contributed by atoms with Crippen LogP contribution in [0.5, 0.6) is 5.75 Å². The molecule has 118 valence electrons. The van der Waals surface area contributed by atoms with E-state index in [0.717, 1.165) is 16.8 Å². The summed E-state index contributed by atoms with van der Waals surface area (Å²) in [6, 6.07) is 14.7. The average molecular weight is 308 g/mol. The summed E-state index contributed by atoms with van der Waals surface area (Å²) in [6.07, 6.45) is 0. The molecule has 0 unspecified atom stereocenters. The minimum absolute atomic E-state index is 0.0717. The molecular weight excluding hydrogens is 288 g/mol. The van der Waals surface area contributed by atoms with E-state index in [1.807, 2.05) is 31.2 Å². The van der Waals surface area contributed by atoms with Crippen LogP contribution in [0.25, 0.3) is 0 Å². The lowest BCUT2D eigenvalue weighted by Gasteiger charge is -2.16. The molecule has 0 bridgehead atoms. The van der Waals surface area contributed by atoms with Gasteiger partial charge in [0, 0.05) is 5.69 Å². The number of hydrogen-bond acceptors (Lipinski definition) is 3. The van der Waals surface area contributed by atoms with Crippen molar-refractivity contribution in [2.45, 2.75) is 26.7 Å². The zero-order chi connectivity index (χ0) is 16.8. The Hall–Kier alpha value is -2.80. The lowest BCUT2D eigenvalue weighted by Crippen LogP contribution is -2.21. The summed E-state index contributed by atoms with van der Waals surface area (Å²) < 4.78 is 5.46. The minimum atomic E-state index is -0.203. The smallest absolute Gasteiger partial charge is 0.262 e. The van der Waals surface area contributed by atoms with Gasteiger partial charge in [0.25, 0.3) is 5.91 Å². The van der Waals surface area contributed by atoms with Gasteiger partial charge in [0.1, 0.15) is 5.75 Å². The molecule has 0 aromatic heterocycles. The lowest BCUT2D eigenvalue weighted by molar-refractivity contribution is -0.118. The molecular formula is C19H20N2O2. The molecule has 0 atom stereocenters. The molecule has 0 aliphatic carbocycles. The molecule has 2 rings (SSSR count). The fraction of sp³-hybridized carbons (Fsp3) is 0.263. The zero-order valence-corrected chi connectivity index (χ0v) is 13.6. The molecule has 0 aliphatic rings. The molecule has 23 heavy (non-hydrogen) atoms. The standard InChI is InChI=1S/C19H20N2O2/c1-13(2)17-6-4-5-14(3)19(17)21-18(22)12-23-16-9-7-15(11-20)8-10-16/h4-10,13H,12H2,1-3H3,(H,21,22). The van der Waals surface area contributed by atoms with Gasteiger partial charge in [-0.3, -0.25) is 4.79 Å². The number of rotatable bonds is 5. The van der Waals surface area contributed by atoms with E-state index in [-0.39, 0.29) is 12.5 Å². The molecule has 1 amide bonds. The Bertz CT molecular complexity index is 728. The number of nitrogens with one attached hydrogen (secondary N) is 1. The van der Waals surface area contributed by atoms with E-state index in [9.17, 15) is 4.79 Å². The van der Waals surface area contributed by atoms with Crippen LogP contribution < -0.4 is 10.1 Å². The molecule has 2 aromatic carbocycles. The predicted molar refractivity (Wildman–Crippen MR) is 90.5 cm³/mol. The number of hydrogen-bond donors (Lipinski definition) is 1. The Morgan fingerprint density at radius 2 is 1.91 bits per heavy atom. The molecule has 4 nitrogen and oxygen atoms in total. The molecule has 0 heterocycles. The van der Waals surface area contributed by atoms with Crippen molar-refractivity contribution in [1.29, 1.82) is 5.26 Å². The Kier molecular flexibility index (Phi) is 5.37. The minimum Gasteiger partial charge on any atom is -0.484 e. The SMILES string of the molecule is Cc1cccc(C(C)C)c1NC(=O)COc1ccc(C#N)cc1. The Morgan fingerprint density at radius 1 is 1.22 bits per heavy atom. The molecule has 0 fully saturated rings. The van der Waals surface area contributed by atoms with E-state index in [0.29, 0.717) is 17.2 Å². The molecule has 2 aromatic rings. The van der Waals surface area contributed by atoms with Gasteiger partial charge in [-0.2, -0.15) is 5.26 Å². The van der Waals surface area contributed by atoms with Crippen LogP contribution >= 0.6 is 0 Å². The van der Waals surface area contributed by atoms with Gasteiger partial charge in [-0.1, -0.05) is 32.0 Å². The molecule has 0 saturated heterocycles. The first-order chi connectivity index (χ1) is 11.0. The van der Waals surface area contributed by atoms with Crippen LogP contribution in [-0.2, 0) is 4.79 Å². The third-order valence-corrected chi connectivity index (χ3v) is 3.54. The summed E-state index contributed by atoms with van der Waals surface area (Å²) in [7, 11) is 0. The third kappa shape index (κ3) is 4.33. The largest absolute Gasteiger partial charge is 0.484 e. The van der Waals surface area contributed by atoms with Crippen LogP contribution in [0, 0.1) is 18.3 Å². The van der Waals surface area contributed by atoms with Gasteiger partial charge in [0.05, 0.1) is 11.6 Å². The highest BCUT2D eigenvalue weighted by Gasteiger charge is 2.12. The lowest BCUT2D eigenvalue weighted by atomic mass is 9.98. The number of ether oxygens (including phenoxy) is 1. The first-order valence-electron chi connectivity index (χ1n) is 7.53. The van der Waals surface area contributed by atoms with Crippen LogP contribution in [0.15, 0.2) is 42.5 Å². The summed E-state index contributed by atoms with van der Waals surface area (Å²) >= 11 is 0. The fourth-order valence-electron chi connectivity index (χ4n) is 2.29. The summed E-state index contributed by atoms with van der Waals surface area (Å²) in [4.78, 5) is 12.1. The first kappa shape index (κ1) is 16.6. The maximum atomic E-state index is 12.1. The number of para-hydroxylation sites is 1. The molecule has 0 radical (unpaired) electrons. The van der Waals surface area contributed by atoms with Crippen molar-refractivity contribution >= 4 is 11.6 Å². The Morgan fingerprint density at radius 3 is 2.52 bits per heavy atom. The Balaban J connectivity index is 2.01. The van der Waals surface area contributed by atoms with Crippen molar-refractivity contribution in [3.63, 3.8) is 0 Å². The monoisotopic (exact) mass is 308 g/mol. The van der Waals surface area contributed by atoms with E-state index < -0.39 is 0 Å². The van der Waals surface area contributed by atoms with E-state index >= 15 is 0 Å². The Labute approximate surface area is 136 Å². The molecule has 0 saturated carbocycles. The highest BCUT2D eigenvalue weighted by atomic mass is 16.5. The second-order valence-corrected chi connectivity index (χ2v) is 5.67. The quantitative estimate of drug-likeness (QED) is 0.908. The molecule has 1 N–H and O–H groups in total. The summed E-state index contributed by atoms with van der Waals surface area (Å²) in [6.45, 7) is 6.09. The third-order valence-electron chi connectivity index (χ3n) is 3.54. The van der Waals surface area contributed by atoms with Gasteiger partial charge in [0.2, 0.25) is 0 Å². The van der Waals surface area contributed by atoms with Crippen molar-refractivity contribution in [3.8, 4) is 11.8 Å². The van der Waals surface area contributed by atoms with E-state index in [1.54, 1.807) is 24.3 Å². The topological polar surface area (TPSA) is 62.1 Å². The average Bonchev–Trinajstić information content (AvgIpc) is 2.55. The first-order valence-corrected chi connectivity index (χ1v) is 7.53. The van der Waals surface area contributed by atoms with Crippen LogP contribution in [0.2, 0.25) is 0 Å². The number of benzene rings is 2. The van der Waals surface area contributed by atoms with Crippen molar-refractivity contribution in [3.05, 3.63) is 59.2 Å². The van der Waals surface area contributed by atoms with Crippen molar-refractivity contribution in [1.82, 2.24) is 0 Å². The number of carbonyl (C=O) groups excluding carboxylic acids is 1. The predicted octanol–water partition coefficient (Wildman–Crippen LogP) is 4.01. The van der Waals surface area contributed by atoms with Crippen molar-refractivity contribution in [2.75, 3.05) is 11.9 Å². The van der Waals surface area contributed by atoms with Gasteiger partial charge >= 0.3 is 0 Å². The van der Waals surface area contributed by atoms with Gasteiger partial charge in [0.15, 0.2) is 6.61 Å². The van der Waals surface area contributed by atoms with Gasteiger partial charge in [-0.05, 0) is 48.2 Å². The number of aryl methyl sites for hydroxylation is 1. The number of nitrogens with zero attached hydrogens (tertiary/aromatic N) is 1. The van der Waals surface area contributed by atoms with Gasteiger partial charge in [-0.25, -0.2) is 0 Å². The molecule has 0 aliphatic heterocycles. The molecule has 4 heteroatoms. The van der Waals surface area contributed by atoms with Crippen LogP contribution in [0.4, 0.5) is 5.69 Å². The summed E-state index contributed by atoms with van der Waals surface area (Å²) in [5.41, 5.74) is 3.55. The van der Waals surface area contributed by atoms with Crippen LogP contribution in [0.1, 0.15) is 36.5 Å². The zero-order valence-electron chi connectivity index (χ0n) is 13.6. The highest BCUT2D eigenvalue weighted by Crippen LogP contribution is 2.27. The van der Waals surface area contributed by atoms with E-state index in [2.05, 4.69) is 19.2 Å². The van der Waals surface area contributed by atoms with Crippen LogP contribution in [0.3, 0.4) is 0 Å². The van der Waals surface area contributed by atoms with Crippen LogP contribution in [-0.4, -0.2) is 12.5 Å². The summed E-state index contributed by atoms with van der Waals surface area (Å²) in [5.74, 6) is 0.684. The normalized spacial score (nSPS) is 10.2. The summed E-state index contributed by atoms with van der Waals surface area (Å²) in [5, 5.41) is 11.7. The van der Waals surface area contributed by atoms with E-state index in [4.69, 9.17) is 10.00 Å².